The smallest absolute Gasteiger partial charge is 0.274 e. The third-order valence-electron chi connectivity index (χ3n) is 5.37. The summed E-state index contributed by atoms with van der Waals surface area (Å²) in [7, 11) is 0. The largest absolute Gasteiger partial charge is 0.372 e. The molecule has 8 nitrogen and oxygen atoms in total. The lowest BCUT2D eigenvalue weighted by Crippen LogP contribution is -2.48. The molecule has 0 bridgehead atoms. The summed E-state index contributed by atoms with van der Waals surface area (Å²) in [4.78, 5) is 33.7. The quantitative estimate of drug-likeness (QED) is 0.816. The zero-order valence-electron chi connectivity index (χ0n) is 16.7. The molecule has 1 N–H and O–H groups in total. The number of pyridine rings is 1. The number of ether oxygens (including phenoxy) is 1. The second-order valence-corrected chi connectivity index (χ2v) is 8.26. The number of morpholine rings is 1. The number of carbonyl (C=O) groups excluding carboxylic acids is 2. The van der Waals surface area contributed by atoms with Crippen LogP contribution in [-0.4, -0.2) is 75.9 Å². The first-order valence-corrected chi connectivity index (χ1v) is 10.4. The number of nitrogens with one attached hydrogen (secondary N) is 1. The van der Waals surface area contributed by atoms with Gasteiger partial charge < -0.3 is 19.4 Å². The summed E-state index contributed by atoms with van der Waals surface area (Å²) >= 11 is 6.23. The molecule has 0 unspecified atom stereocenters. The Morgan fingerprint density at radius 3 is 2.79 bits per heavy atom. The van der Waals surface area contributed by atoms with Crippen molar-refractivity contribution in [2.24, 2.45) is 0 Å². The van der Waals surface area contributed by atoms with Crippen molar-refractivity contribution in [3.8, 4) is 0 Å². The molecule has 4 rings (SSSR count). The third kappa shape index (κ3) is 4.39. The van der Waals surface area contributed by atoms with E-state index in [1.807, 2.05) is 29.2 Å². The number of aromatic nitrogens is 2. The van der Waals surface area contributed by atoms with Crippen LogP contribution in [0.15, 0.2) is 18.3 Å². The van der Waals surface area contributed by atoms with Crippen molar-refractivity contribution in [1.82, 2.24) is 24.5 Å². The molecule has 2 fully saturated rings. The van der Waals surface area contributed by atoms with Gasteiger partial charge in [0, 0.05) is 51.9 Å². The van der Waals surface area contributed by atoms with Crippen LogP contribution in [0.4, 0.5) is 0 Å². The monoisotopic (exact) mass is 419 g/mol. The number of hydrogen-bond donors (Lipinski definition) is 1. The minimum Gasteiger partial charge on any atom is -0.372 e. The summed E-state index contributed by atoms with van der Waals surface area (Å²) in [5.41, 5.74) is 1.93. The molecule has 0 aliphatic carbocycles. The number of halogens is 1. The van der Waals surface area contributed by atoms with Crippen LogP contribution in [0.1, 0.15) is 36.5 Å². The molecule has 0 saturated carbocycles. The van der Waals surface area contributed by atoms with Gasteiger partial charge in [0.25, 0.3) is 5.91 Å². The Morgan fingerprint density at radius 1 is 1.28 bits per heavy atom. The van der Waals surface area contributed by atoms with Gasteiger partial charge in [-0.05, 0) is 26.0 Å². The van der Waals surface area contributed by atoms with E-state index in [0.29, 0.717) is 55.5 Å². The molecule has 2 aromatic heterocycles. The molecular weight excluding hydrogens is 394 g/mol. The lowest BCUT2D eigenvalue weighted by atomic mass is 10.2. The Kier molecular flexibility index (Phi) is 5.76. The van der Waals surface area contributed by atoms with Crippen LogP contribution in [0.3, 0.4) is 0 Å². The Hall–Kier alpha value is -2.16. The number of fused-ring (bicyclic) bond motifs is 1. The van der Waals surface area contributed by atoms with Crippen LogP contribution in [0, 0.1) is 0 Å². The normalized spacial score (nSPS) is 23.8. The van der Waals surface area contributed by atoms with Crippen LogP contribution in [0.2, 0.25) is 5.02 Å². The second-order valence-electron chi connectivity index (χ2n) is 7.83. The van der Waals surface area contributed by atoms with Crippen molar-refractivity contribution in [2.45, 2.75) is 39.0 Å². The highest BCUT2D eigenvalue weighted by atomic mass is 35.5. The van der Waals surface area contributed by atoms with E-state index in [1.165, 1.54) is 0 Å². The Bertz CT molecular complexity index is 920. The molecule has 0 aromatic carbocycles. The summed E-state index contributed by atoms with van der Waals surface area (Å²) in [6, 6.07) is 3.59. The molecule has 2 aromatic rings. The van der Waals surface area contributed by atoms with Gasteiger partial charge in [0.1, 0.15) is 5.65 Å². The number of amides is 2. The highest BCUT2D eigenvalue weighted by Gasteiger charge is 2.31. The van der Waals surface area contributed by atoms with Gasteiger partial charge in [-0.25, -0.2) is 4.98 Å². The molecule has 2 saturated heterocycles. The summed E-state index contributed by atoms with van der Waals surface area (Å²) in [6.45, 7) is 7.50. The fourth-order valence-electron chi connectivity index (χ4n) is 4.07. The van der Waals surface area contributed by atoms with Crippen molar-refractivity contribution in [3.63, 3.8) is 0 Å². The standard InChI is InChI=1S/C20H26ClN5O3/c1-13-9-25(10-14(2)29-13)20(28)19-16(12-24-7-5-18(27)22-6-8-24)26-11-15(21)3-4-17(26)23-19/h3-4,11,13-14H,5-10,12H2,1-2H3,(H,22,27)/t13-,14+. The lowest BCUT2D eigenvalue weighted by molar-refractivity contribution is -0.120. The van der Waals surface area contributed by atoms with Gasteiger partial charge in [-0.3, -0.25) is 14.5 Å². The molecule has 0 radical (unpaired) electrons. The maximum atomic E-state index is 13.4. The average molecular weight is 420 g/mol. The van der Waals surface area contributed by atoms with Crippen LogP contribution in [0.25, 0.3) is 5.65 Å². The fourth-order valence-corrected chi connectivity index (χ4v) is 4.23. The van der Waals surface area contributed by atoms with Gasteiger partial charge in [-0.2, -0.15) is 0 Å². The topological polar surface area (TPSA) is 79.2 Å². The molecule has 9 heteroatoms. The first-order valence-electron chi connectivity index (χ1n) is 10.0. The molecule has 156 valence electrons. The molecule has 29 heavy (non-hydrogen) atoms. The van der Waals surface area contributed by atoms with Crippen molar-refractivity contribution in [2.75, 3.05) is 32.7 Å². The van der Waals surface area contributed by atoms with E-state index in [9.17, 15) is 9.59 Å². The zero-order valence-corrected chi connectivity index (χ0v) is 17.5. The van der Waals surface area contributed by atoms with Crippen molar-refractivity contribution >= 4 is 29.1 Å². The summed E-state index contributed by atoms with van der Waals surface area (Å²) in [5, 5.41) is 3.47. The Morgan fingerprint density at radius 2 is 2.03 bits per heavy atom. The highest BCUT2D eigenvalue weighted by molar-refractivity contribution is 6.30. The van der Waals surface area contributed by atoms with Crippen LogP contribution < -0.4 is 5.32 Å². The third-order valence-corrected chi connectivity index (χ3v) is 5.59. The first-order chi connectivity index (χ1) is 13.9. The average Bonchev–Trinajstić information content (AvgIpc) is 2.88. The summed E-state index contributed by atoms with van der Waals surface area (Å²) < 4.78 is 7.66. The number of rotatable bonds is 3. The number of imidazole rings is 1. The van der Waals surface area contributed by atoms with Gasteiger partial charge in [-0.1, -0.05) is 11.6 Å². The molecule has 2 atom stereocenters. The van der Waals surface area contributed by atoms with E-state index in [0.717, 1.165) is 12.2 Å². The highest BCUT2D eigenvalue weighted by Crippen LogP contribution is 2.22. The van der Waals surface area contributed by atoms with Gasteiger partial charge >= 0.3 is 0 Å². The van der Waals surface area contributed by atoms with E-state index in [4.69, 9.17) is 16.3 Å². The van der Waals surface area contributed by atoms with E-state index >= 15 is 0 Å². The molecule has 2 aliphatic rings. The van der Waals surface area contributed by atoms with E-state index in [1.54, 1.807) is 12.3 Å². The molecule has 2 aliphatic heterocycles. The van der Waals surface area contributed by atoms with Gasteiger partial charge in [0.05, 0.1) is 22.9 Å². The van der Waals surface area contributed by atoms with E-state index < -0.39 is 0 Å². The fraction of sp³-hybridized carbons (Fsp3) is 0.550. The van der Waals surface area contributed by atoms with Crippen LogP contribution in [-0.2, 0) is 16.1 Å². The number of nitrogens with zero attached hydrogens (tertiary/aromatic N) is 4. The predicted octanol–water partition coefficient (Wildman–Crippen LogP) is 1.56. The number of hydrogen-bond acceptors (Lipinski definition) is 5. The zero-order chi connectivity index (χ0) is 20.5. The van der Waals surface area contributed by atoms with Crippen molar-refractivity contribution in [1.29, 1.82) is 0 Å². The second kappa shape index (κ2) is 8.30. The number of carbonyl (C=O) groups is 2. The lowest BCUT2D eigenvalue weighted by Gasteiger charge is -2.35. The van der Waals surface area contributed by atoms with E-state index in [-0.39, 0.29) is 24.0 Å². The maximum absolute atomic E-state index is 13.4. The van der Waals surface area contributed by atoms with Crippen molar-refractivity contribution in [3.05, 3.63) is 34.7 Å². The van der Waals surface area contributed by atoms with Gasteiger partial charge in [0.2, 0.25) is 5.91 Å². The molecule has 4 heterocycles. The van der Waals surface area contributed by atoms with E-state index in [2.05, 4.69) is 15.2 Å². The minimum absolute atomic E-state index is 0.0136. The Labute approximate surface area is 174 Å². The summed E-state index contributed by atoms with van der Waals surface area (Å²) in [6.07, 6.45) is 2.21. The SMILES string of the molecule is C[C@@H]1CN(C(=O)c2nc3ccc(Cl)cn3c2CN2CCNC(=O)CC2)C[C@H](C)O1. The Balaban J connectivity index is 1.68. The van der Waals surface area contributed by atoms with Crippen LogP contribution in [0.5, 0.6) is 0 Å². The first kappa shape index (κ1) is 20.1. The predicted molar refractivity (Wildman–Crippen MR) is 109 cm³/mol. The summed E-state index contributed by atoms with van der Waals surface area (Å²) in [5.74, 6) is -0.0351. The maximum Gasteiger partial charge on any atom is 0.274 e. The minimum atomic E-state index is -0.0918. The van der Waals surface area contributed by atoms with Crippen molar-refractivity contribution < 1.29 is 14.3 Å². The molecular formula is C20H26ClN5O3. The molecule has 0 spiro atoms. The molecule has 2 amide bonds. The van der Waals surface area contributed by atoms with Crippen LogP contribution >= 0.6 is 11.6 Å². The van der Waals surface area contributed by atoms with Gasteiger partial charge in [0.15, 0.2) is 5.69 Å². The van der Waals surface area contributed by atoms with Gasteiger partial charge in [-0.15, -0.1) is 0 Å².